The molecule has 2 amide bonds. The van der Waals surface area contributed by atoms with Gasteiger partial charge >= 0.3 is 0 Å². The lowest BCUT2D eigenvalue weighted by atomic mass is 10.1. The Morgan fingerprint density at radius 2 is 2.24 bits per heavy atom. The Morgan fingerprint density at radius 1 is 1.40 bits per heavy atom. The van der Waals surface area contributed by atoms with Crippen molar-refractivity contribution in [3.63, 3.8) is 0 Å². The molecule has 8 heteroatoms. The van der Waals surface area contributed by atoms with Gasteiger partial charge in [-0.05, 0) is 19.4 Å². The smallest absolute Gasteiger partial charge is 0.276 e. The summed E-state index contributed by atoms with van der Waals surface area (Å²) < 4.78 is 6.84. The number of amides is 2. The van der Waals surface area contributed by atoms with E-state index in [0.717, 1.165) is 18.5 Å². The molecule has 0 aliphatic carbocycles. The van der Waals surface area contributed by atoms with Crippen LogP contribution in [0.2, 0.25) is 0 Å². The van der Waals surface area contributed by atoms with Gasteiger partial charge in [-0.15, -0.1) is 0 Å². The van der Waals surface area contributed by atoms with Gasteiger partial charge in [-0.2, -0.15) is 5.10 Å². The van der Waals surface area contributed by atoms with Crippen LogP contribution in [-0.4, -0.2) is 61.7 Å². The van der Waals surface area contributed by atoms with E-state index >= 15 is 0 Å². The Hall–Kier alpha value is -2.64. The lowest BCUT2D eigenvalue weighted by Gasteiger charge is -2.25. The van der Waals surface area contributed by atoms with Gasteiger partial charge in [-0.1, -0.05) is 5.16 Å². The fraction of sp³-hybridized carbons (Fsp3) is 0.529. The largest absolute Gasteiger partial charge is 0.361 e. The second-order valence-electron chi connectivity index (χ2n) is 6.73. The summed E-state index contributed by atoms with van der Waals surface area (Å²) in [5.74, 6) is 0.580. The standard InChI is InChI=1S/C17H21N5O3/c1-11-9-13(19-25-11)17(24)22-8-5-14-15(22)10-16(23)21(14)7-4-12-3-6-18-20(12)2/h3,6,9,14-15H,4-5,7-8,10H2,1-2H3/t14-,15-/m0/s1. The number of hydrogen-bond donors (Lipinski definition) is 0. The molecule has 0 saturated carbocycles. The first-order chi connectivity index (χ1) is 12.0. The summed E-state index contributed by atoms with van der Waals surface area (Å²) in [6, 6.07) is 3.64. The molecule has 0 N–H and O–H groups in total. The molecule has 0 bridgehead atoms. The molecule has 0 spiro atoms. The number of fused-ring (bicyclic) bond motifs is 1. The van der Waals surface area contributed by atoms with E-state index in [1.54, 1.807) is 24.1 Å². The lowest BCUT2D eigenvalue weighted by Crippen LogP contribution is -2.40. The average Bonchev–Trinajstić information content (AvgIpc) is 3.32. The van der Waals surface area contributed by atoms with Crippen LogP contribution in [0.3, 0.4) is 0 Å². The highest BCUT2D eigenvalue weighted by Gasteiger charge is 2.48. The molecule has 0 radical (unpaired) electrons. The van der Waals surface area contributed by atoms with Crippen LogP contribution in [0.15, 0.2) is 22.9 Å². The molecular weight excluding hydrogens is 322 g/mol. The molecule has 4 rings (SSSR count). The minimum atomic E-state index is -0.148. The fourth-order valence-electron chi connectivity index (χ4n) is 3.97. The Balaban J connectivity index is 1.45. The van der Waals surface area contributed by atoms with Crippen molar-refractivity contribution in [3.8, 4) is 0 Å². The van der Waals surface area contributed by atoms with Crippen LogP contribution < -0.4 is 0 Å². The van der Waals surface area contributed by atoms with Gasteiger partial charge in [0.15, 0.2) is 5.69 Å². The van der Waals surface area contributed by atoms with E-state index in [9.17, 15) is 9.59 Å². The van der Waals surface area contributed by atoms with Crippen molar-refractivity contribution >= 4 is 11.8 Å². The SMILES string of the molecule is Cc1cc(C(=O)N2CC[C@H]3[C@@H]2CC(=O)N3CCc2ccnn2C)no1. The molecule has 2 aliphatic heterocycles. The van der Waals surface area contributed by atoms with Gasteiger partial charge in [-0.25, -0.2) is 0 Å². The first-order valence-electron chi connectivity index (χ1n) is 8.55. The van der Waals surface area contributed by atoms with Crippen molar-refractivity contribution < 1.29 is 14.1 Å². The topological polar surface area (TPSA) is 84.5 Å². The molecule has 2 aliphatic rings. The highest BCUT2D eigenvalue weighted by atomic mass is 16.5. The van der Waals surface area contributed by atoms with Crippen LogP contribution in [0.25, 0.3) is 0 Å². The third-order valence-electron chi connectivity index (χ3n) is 5.25. The predicted molar refractivity (Wildman–Crippen MR) is 87.7 cm³/mol. The first-order valence-corrected chi connectivity index (χ1v) is 8.55. The number of rotatable bonds is 4. The molecular formula is C17H21N5O3. The lowest BCUT2D eigenvalue weighted by molar-refractivity contribution is -0.129. The van der Waals surface area contributed by atoms with Crippen LogP contribution in [0.4, 0.5) is 0 Å². The second-order valence-corrected chi connectivity index (χ2v) is 6.73. The maximum absolute atomic E-state index is 12.7. The van der Waals surface area contributed by atoms with E-state index in [0.29, 0.717) is 31.0 Å². The number of hydrogen-bond acceptors (Lipinski definition) is 5. The van der Waals surface area contributed by atoms with E-state index in [2.05, 4.69) is 10.3 Å². The van der Waals surface area contributed by atoms with E-state index in [1.165, 1.54) is 0 Å². The van der Waals surface area contributed by atoms with Crippen molar-refractivity contribution in [3.05, 3.63) is 35.5 Å². The Kier molecular flexibility index (Phi) is 3.82. The van der Waals surface area contributed by atoms with E-state index in [-0.39, 0.29) is 23.9 Å². The van der Waals surface area contributed by atoms with Gasteiger partial charge in [-0.3, -0.25) is 14.3 Å². The molecule has 8 nitrogen and oxygen atoms in total. The molecule has 132 valence electrons. The van der Waals surface area contributed by atoms with E-state index in [4.69, 9.17) is 4.52 Å². The zero-order valence-electron chi connectivity index (χ0n) is 14.4. The average molecular weight is 343 g/mol. The fourth-order valence-corrected chi connectivity index (χ4v) is 3.97. The van der Waals surface area contributed by atoms with Crippen LogP contribution >= 0.6 is 0 Å². The summed E-state index contributed by atoms with van der Waals surface area (Å²) in [6.45, 7) is 3.07. The third-order valence-corrected chi connectivity index (χ3v) is 5.25. The molecule has 0 unspecified atom stereocenters. The number of aromatic nitrogens is 3. The van der Waals surface area contributed by atoms with Crippen molar-refractivity contribution in [1.29, 1.82) is 0 Å². The van der Waals surface area contributed by atoms with Gasteiger partial charge in [0.25, 0.3) is 5.91 Å². The Bertz CT molecular complexity index is 811. The maximum Gasteiger partial charge on any atom is 0.276 e. The monoisotopic (exact) mass is 343 g/mol. The molecule has 2 aromatic rings. The van der Waals surface area contributed by atoms with Gasteiger partial charge in [0.2, 0.25) is 5.91 Å². The molecule has 0 aromatic carbocycles. The van der Waals surface area contributed by atoms with Crippen LogP contribution in [0, 0.1) is 6.92 Å². The number of likely N-dealkylation sites (tertiary alicyclic amines) is 2. The summed E-state index contributed by atoms with van der Waals surface area (Å²) in [6.07, 6.45) is 3.73. The zero-order chi connectivity index (χ0) is 17.6. The molecule has 2 atom stereocenters. The normalized spacial score (nSPS) is 22.7. The summed E-state index contributed by atoms with van der Waals surface area (Å²) in [7, 11) is 1.90. The number of carbonyl (C=O) groups is 2. The Labute approximate surface area is 145 Å². The third kappa shape index (κ3) is 2.71. The molecule has 4 heterocycles. The maximum atomic E-state index is 12.7. The van der Waals surface area contributed by atoms with Crippen molar-refractivity contribution in [1.82, 2.24) is 24.7 Å². The van der Waals surface area contributed by atoms with E-state index in [1.807, 2.05) is 22.7 Å². The van der Waals surface area contributed by atoms with Gasteiger partial charge < -0.3 is 14.3 Å². The summed E-state index contributed by atoms with van der Waals surface area (Å²) in [4.78, 5) is 28.9. The van der Waals surface area contributed by atoms with Gasteiger partial charge in [0.1, 0.15) is 5.76 Å². The van der Waals surface area contributed by atoms with Crippen LogP contribution in [0.1, 0.15) is 34.8 Å². The molecule has 25 heavy (non-hydrogen) atoms. The summed E-state index contributed by atoms with van der Waals surface area (Å²) in [5, 5.41) is 7.98. The minimum Gasteiger partial charge on any atom is -0.361 e. The minimum absolute atomic E-state index is 0.0662. The summed E-state index contributed by atoms with van der Waals surface area (Å²) >= 11 is 0. The highest BCUT2D eigenvalue weighted by Crippen LogP contribution is 2.33. The second kappa shape index (κ2) is 6.02. The van der Waals surface area contributed by atoms with Gasteiger partial charge in [0.05, 0.1) is 12.1 Å². The first kappa shape index (κ1) is 15.9. The quantitative estimate of drug-likeness (QED) is 0.819. The molecule has 2 saturated heterocycles. The van der Waals surface area contributed by atoms with E-state index < -0.39 is 0 Å². The van der Waals surface area contributed by atoms with Crippen LogP contribution in [-0.2, 0) is 18.3 Å². The number of nitrogens with zero attached hydrogens (tertiary/aromatic N) is 5. The summed E-state index contributed by atoms with van der Waals surface area (Å²) in [5.41, 5.74) is 1.42. The van der Waals surface area contributed by atoms with Gasteiger partial charge in [0, 0.05) is 50.9 Å². The number of aryl methyl sites for hydroxylation is 2. The van der Waals surface area contributed by atoms with Crippen molar-refractivity contribution in [2.75, 3.05) is 13.1 Å². The van der Waals surface area contributed by atoms with Crippen LogP contribution in [0.5, 0.6) is 0 Å². The zero-order valence-corrected chi connectivity index (χ0v) is 14.4. The molecule has 2 fully saturated rings. The number of carbonyl (C=O) groups excluding carboxylic acids is 2. The van der Waals surface area contributed by atoms with Crippen molar-refractivity contribution in [2.24, 2.45) is 7.05 Å². The highest BCUT2D eigenvalue weighted by molar-refractivity contribution is 5.94. The van der Waals surface area contributed by atoms with Crippen molar-refractivity contribution in [2.45, 2.75) is 38.3 Å². The molecule has 2 aromatic heterocycles. The predicted octanol–water partition coefficient (Wildman–Crippen LogP) is 0.775. The Morgan fingerprint density at radius 3 is 2.92 bits per heavy atom.